The Morgan fingerprint density at radius 1 is 1.24 bits per heavy atom. The van der Waals surface area contributed by atoms with E-state index in [1.807, 2.05) is 0 Å². The van der Waals surface area contributed by atoms with Crippen molar-refractivity contribution in [2.24, 2.45) is 0 Å². The molecular weight excluding hydrogens is 260 g/mol. The highest BCUT2D eigenvalue weighted by Gasteiger charge is 2.19. The minimum atomic E-state index is 0.382. The summed E-state index contributed by atoms with van der Waals surface area (Å²) in [4.78, 5) is 2.45. The second kappa shape index (κ2) is 8.40. The second-order valence-corrected chi connectivity index (χ2v) is 5.85. The molecule has 2 rings (SSSR count). The van der Waals surface area contributed by atoms with Crippen LogP contribution in [0.1, 0.15) is 51.6 Å². The van der Waals surface area contributed by atoms with Crippen molar-refractivity contribution in [3.8, 4) is 0 Å². The lowest BCUT2D eigenvalue weighted by molar-refractivity contribution is 0.0384. The highest BCUT2D eigenvalue weighted by Crippen LogP contribution is 2.23. The molecule has 2 unspecified atom stereocenters. The van der Waals surface area contributed by atoms with Crippen LogP contribution in [0.15, 0.2) is 24.3 Å². The molecule has 3 nitrogen and oxygen atoms in total. The largest absolute Gasteiger partial charge is 0.375 e. The Hall–Kier alpha value is -1.06. The molecule has 0 aliphatic carbocycles. The molecule has 0 amide bonds. The van der Waals surface area contributed by atoms with Gasteiger partial charge in [-0.05, 0) is 43.5 Å². The molecule has 0 spiro atoms. The van der Waals surface area contributed by atoms with Crippen LogP contribution >= 0.6 is 0 Å². The smallest absolute Gasteiger partial charge is 0.0748 e. The molecule has 1 aromatic rings. The fourth-order valence-corrected chi connectivity index (χ4v) is 2.93. The molecule has 21 heavy (non-hydrogen) atoms. The maximum absolute atomic E-state index is 5.75. The molecule has 118 valence electrons. The number of anilines is 1. The molecule has 1 heterocycles. The van der Waals surface area contributed by atoms with E-state index in [2.05, 4.69) is 55.3 Å². The van der Waals surface area contributed by atoms with Crippen molar-refractivity contribution in [2.45, 2.75) is 52.2 Å². The molecule has 0 saturated carbocycles. The van der Waals surface area contributed by atoms with Crippen molar-refractivity contribution in [2.75, 3.05) is 31.1 Å². The summed E-state index contributed by atoms with van der Waals surface area (Å²) in [5, 5.41) is 3.62. The molecule has 1 aliphatic heterocycles. The summed E-state index contributed by atoms with van der Waals surface area (Å²) < 4.78 is 5.75. The molecule has 0 radical (unpaired) electrons. The van der Waals surface area contributed by atoms with E-state index in [1.165, 1.54) is 17.7 Å². The molecule has 1 saturated heterocycles. The minimum Gasteiger partial charge on any atom is -0.375 e. The molecule has 1 aliphatic rings. The third kappa shape index (κ3) is 4.45. The minimum absolute atomic E-state index is 0.382. The summed E-state index contributed by atoms with van der Waals surface area (Å²) in [6.45, 7) is 10.6. The van der Waals surface area contributed by atoms with Gasteiger partial charge in [0.25, 0.3) is 0 Å². The summed E-state index contributed by atoms with van der Waals surface area (Å²) in [6.07, 6.45) is 3.79. The van der Waals surface area contributed by atoms with Gasteiger partial charge in [0, 0.05) is 24.8 Å². The van der Waals surface area contributed by atoms with Gasteiger partial charge in [0.15, 0.2) is 0 Å². The fraction of sp³-hybridized carbons (Fsp3) is 0.667. The van der Waals surface area contributed by atoms with Crippen LogP contribution in [0.5, 0.6) is 0 Å². The quantitative estimate of drug-likeness (QED) is 0.827. The first-order valence-corrected chi connectivity index (χ1v) is 8.48. The van der Waals surface area contributed by atoms with Crippen molar-refractivity contribution in [1.29, 1.82) is 0 Å². The van der Waals surface area contributed by atoms with Gasteiger partial charge in [0.1, 0.15) is 0 Å². The Labute approximate surface area is 129 Å². The summed E-state index contributed by atoms with van der Waals surface area (Å²) in [7, 11) is 0. The van der Waals surface area contributed by atoms with E-state index in [9.17, 15) is 0 Å². The van der Waals surface area contributed by atoms with E-state index in [4.69, 9.17) is 4.74 Å². The van der Waals surface area contributed by atoms with E-state index >= 15 is 0 Å². The molecule has 1 N–H and O–H groups in total. The van der Waals surface area contributed by atoms with E-state index in [0.717, 1.165) is 39.1 Å². The maximum Gasteiger partial charge on any atom is 0.0748 e. The second-order valence-electron chi connectivity index (χ2n) is 5.85. The van der Waals surface area contributed by atoms with Crippen LogP contribution in [-0.2, 0) is 4.74 Å². The van der Waals surface area contributed by atoms with Crippen LogP contribution in [0, 0.1) is 0 Å². The Bertz CT molecular complexity index is 404. The molecular formula is C18H30N2O. The first-order chi connectivity index (χ1) is 10.3. The Kier molecular flexibility index (Phi) is 6.52. The van der Waals surface area contributed by atoms with Gasteiger partial charge in [0.05, 0.1) is 12.7 Å². The number of nitrogens with zero attached hydrogens (tertiary/aromatic N) is 1. The topological polar surface area (TPSA) is 24.5 Å². The van der Waals surface area contributed by atoms with Gasteiger partial charge in [-0.1, -0.05) is 32.9 Å². The first kappa shape index (κ1) is 16.3. The Morgan fingerprint density at radius 2 is 2.00 bits per heavy atom. The predicted octanol–water partition coefficient (Wildman–Crippen LogP) is 3.75. The zero-order valence-corrected chi connectivity index (χ0v) is 13.8. The van der Waals surface area contributed by atoms with Crippen molar-refractivity contribution in [3.05, 3.63) is 29.8 Å². The number of ether oxygens (including phenoxy) is 1. The monoisotopic (exact) mass is 290 g/mol. The Balaban J connectivity index is 2.00. The zero-order valence-electron chi connectivity index (χ0n) is 13.8. The van der Waals surface area contributed by atoms with Crippen LogP contribution in [0.25, 0.3) is 0 Å². The maximum atomic E-state index is 5.75. The van der Waals surface area contributed by atoms with Crippen LogP contribution in [-0.4, -0.2) is 32.3 Å². The van der Waals surface area contributed by atoms with Crippen LogP contribution in [0.2, 0.25) is 0 Å². The molecule has 3 heteroatoms. The molecule has 0 bridgehead atoms. The van der Waals surface area contributed by atoms with Gasteiger partial charge >= 0.3 is 0 Å². The molecule has 2 atom stereocenters. The number of hydrogen-bond acceptors (Lipinski definition) is 3. The van der Waals surface area contributed by atoms with Gasteiger partial charge in [-0.2, -0.15) is 0 Å². The molecule has 1 aromatic carbocycles. The lowest BCUT2D eigenvalue weighted by atomic mass is 10.0. The lowest BCUT2D eigenvalue weighted by Crippen LogP contribution is -2.42. The summed E-state index contributed by atoms with van der Waals surface area (Å²) in [5.74, 6) is 0. The van der Waals surface area contributed by atoms with Gasteiger partial charge in [-0.3, -0.25) is 0 Å². The summed E-state index contributed by atoms with van der Waals surface area (Å²) >= 11 is 0. The normalized spacial score (nSPS) is 20.5. The van der Waals surface area contributed by atoms with Crippen LogP contribution < -0.4 is 10.2 Å². The highest BCUT2D eigenvalue weighted by molar-refractivity contribution is 5.48. The molecule has 0 aromatic heterocycles. The average molecular weight is 290 g/mol. The summed E-state index contributed by atoms with van der Waals surface area (Å²) in [6, 6.07) is 9.57. The number of morpholine rings is 1. The van der Waals surface area contributed by atoms with E-state index in [0.29, 0.717) is 12.1 Å². The third-order valence-electron chi connectivity index (χ3n) is 4.30. The van der Waals surface area contributed by atoms with Crippen molar-refractivity contribution in [1.82, 2.24) is 5.32 Å². The number of rotatable bonds is 7. The number of hydrogen-bond donors (Lipinski definition) is 1. The van der Waals surface area contributed by atoms with E-state index in [-0.39, 0.29) is 0 Å². The standard InChI is InChI=1S/C18H30N2O/c1-4-11-19-18(6-3)15-7-9-16(10-8-15)20-12-13-21-17(5-2)14-20/h7-10,17-19H,4-6,11-14H2,1-3H3. The lowest BCUT2D eigenvalue weighted by Gasteiger charge is -2.34. The van der Waals surface area contributed by atoms with Gasteiger partial charge in [0.2, 0.25) is 0 Å². The van der Waals surface area contributed by atoms with Crippen LogP contribution in [0.3, 0.4) is 0 Å². The predicted molar refractivity (Wildman–Crippen MR) is 90.0 cm³/mol. The van der Waals surface area contributed by atoms with Crippen molar-refractivity contribution >= 4 is 5.69 Å². The molecule has 1 fully saturated rings. The van der Waals surface area contributed by atoms with E-state index < -0.39 is 0 Å². The van der Waals surface area contributed by atoms with Crippen molar-refractivity contribution in [3.63, 3.8) is 0 Å². The highest BCUT2D eigenvalue weighted by atomic mass is 16.5. The zero-order chi connectivity index (χ0) is 15.1. The SMILES string of the molecule is CCCNC(CC)c1ccc(N2CCOC(CC)C2)cc1. The first-order valence-electron chi connectivity index (χ1n) is 8.48. The van der Waals surface area contributed by atoms with E-state index in [1.54, 1.807) is 0 Å². The van der Waals surface area contributed by atoms with Gasteiger partial charge in [-0.25, -0.2) is 0 Å². The van der Waals surface area contributed by atoms with Crippen LogP contribution in [0.4, 0.5) is 5.69 Å². The van der Waals surface area contributed by atoms with Gasteiger partial charge < -0.3 is 15.0 Å². The number of nitrogens with one attached hydrogen (secondary N) is 1. The Morgan fingerprint density at radius 3 is 2.62 bits per heavy atom. The third-order valence-corrected chi connectivity index (χ3v) is 4.30. The van der Waals surface area contributed by atoms with Gasteiger partial charge in [-0.15, -0.1) is 0 Å². The fourth-order valence-electron chi connectivity index (χ4n) is 2.93. The summed E-state index contributed by atoms with van der Waals surface area (Å²) in [5.41, 5.74) is 2.72. The number of benzene rings is 1. The average Bonchev–Trinajstić information content (AvgIpc) is 2.56. The van der Waals surface area contributed by atoms with Crippen molar-refractivity contribution < 1.29 is 4.74 Å².